The van der Waals surface area contributed by atoms with E-state index in [0.29, 0.717) is 11.5 Å². The van der Waals surface area contributed by atoms with Crippen molar-refractivity contribution >= 4 is 25.7 Å². The lowest BCUT2D eigenvalue weighted by Gasteiger charge is -2.15. The highest BCUT2D eigenvalue weighted by molar-refractivity contribution is 7.92. The molecule has 0 aromatic heterocycles. The van der Waals surface area contributed by atoms with Gasteiger partial charge in [-0.3, -0.25) is 4.72 Å². The van der Waals surface area contributed by atoms with Crippen molar-refractivity contribution in [1.29, 1.82) is 0 Å². The average Bonchev–Trinajstić information content (AvgIpc) is 2.62. The Labute approximate surface area is 162 Å². The molecule has 0 amide bonds. The lowest BCUT2D eigenvalue weighted by Crippen LogP contribution is -2.22. The van der Waals surface area contributed by atoms with Crippen LogP contribution in [0.3, 0.4) is 0 Å². The van der Waals surface area contributed by atoms with Crippen LogP contribution in [0.15, 0.2) is 52.3 Å². The third-order valence-corrected chi connectivity index (χ3v) is 7.80. The molecule has 0 aliphatic heterocycles. The summed E-state index contributed by atoms with van der Waals surface area (Å²) in [6.45, 7) is 5.88. The van der Waals surface area contributed by atoms with E-state index >= 15 is 0 Å². The van der Waals surface area contributed by atoms with Crippen LogP contribution in [0, 0.1) is 6.92 Å². The Bertz CT molecular complexity index is 1010. The van der Waals surface area contributed by atoms with Crippen molar-refractivity contribution < 1.29 is 16.8 Å². The molecular weight excluding hydrogens is 384 g/mol. The summed E-state index contributed by atoms with van der Waals surface area (Å²) in [4.78, 5) is 0.165. The molecule has 0 bridgehead atoms. The molecule has 0 aliphatic rings. The molecule has 0 saturated heterocycles. The molecule has 2 rings (SSSR count). The van der Waals surface area contributed by atoms with Crippen LogP contribution in [0.2, 0.25) is 0 Å². The van der Waals surface area contributed by atoms with Gasteiger partial charge in [0.1, 0.15) is 0 Å². The van der Waals surface area contributed by atoms with Gasteiger partial charge in [-0.05, 0) is 54.7 Å². The number of nitrogens with zero attached hydrogens (tertiary/aromatic N) is 1. The van der Waals surface area contributed by atoms with Gasteiger partial charge in [-0.15, -0.1) is 0 Å². The second-order valence-electron chi connectivity index (χ2n) is 6.75. The lowest BCUT2D eigenvalue weighted by molar-refractivity contribution is 0.520. The summed E-state index contributed by atoms with van der Waals surface area (Å²) < 4.78 is 53.7. The van der Waals surface area contributed by atoms with Crippen LogP contribution in [-0.4, -0.2) is 35.2 Å². The van der Waals surface area contributed by atoms with E-state index in [1.807, 2.05) is 12.1 Å². The maximum atomic E-state index is 12.7. The van der Waals surface area contributed by atoms with E-state index < -0.39 is 20.0 Å². The fourth-order valence-electron chi connectivity index (χ4n) is 2.50. The topological polar surface area (TPSA) is 83.5 Å². The van der Waals surface area contributed by atoms with E-state index in [2.05, 4.69) is 18.6 Å². The minimum Gasteiger partial charge on any atom is -0.279 e. The average molecular weight is 411 g/mol. The number of sulfonamides is 2. The van der Waals surface area contributed by atoms with Gasteiger partial charge in [0.25, 0.3) is 10.0 Å². The standard InChI is InChI=1S/C19H26N2O4S2/c1-6-14(2)16-8-11-17(12-9-16)26(22,23)20-19-13-18(10-7-15(19)3)27(24,25)21(4)5/h7-14,20H,6H2,1-5H3/t14-/m1/s1. The summed E-state index contributed by atoms with van der Waals surface area (Å²) in [7, 11) is -4.62. The van der Waals surface area contributed by atoms with Crippen LogP contribution in [0.5, 0.6) is 0 Å². The first kappa shape index (κ1) is 21.4. The number of rotatable bonds is 7. The van der Waals surface area contributed by atoms with E-state index in [1.165, 1.54) is 26.2 Å². The predicted octanol–water partition coefficient (Wildman–Crippen LogP) is 3.56. The van der Waals surface area contributed by atoms with Crippen molar-refractivity contribution in [1.82, 2.24) is 4.31 Å². The predicted molar refractivity (Wildman–Crippen MR) is 108 cm³/mol. The third-order valence-electron chi connectivity index (χ3n) is 4.60. The van der Waals surface area contributed by atoms with E-state index in [-0.39, 0.29) is 15.5 Å². The maximum Gasteiger partial charge on any atom is 0.261 e. The van der Waals surface area contributed by atoms with Crippen LogP contribution < -0.4 is 4.72 Å². The van der Waals surface area contributed by atoms with Crippen molar-refractivity contribution in [2.45, 2.75) is 42.9 Å². The van der Waals surface area contributed by atoms with E-state index in [4.69, 9.17) is 0 Å². The summed E-state index contributed by atoms with van der Waals surface area (Å²) in [5, 5.41) is 0. The lowest BCUT2D eigenvalue weighted by atomic mass is 9.99. The van der Waals surface area contributed by atoms with Gasteiger partial charge in [-0.25, -0.2) is 21.1 Å². The van der Waals surface area contributed by atoms with Gasteiger partial charge in [0.15, 0.2) is 0 Å². The molecule has 0 spiro atoms. The summed E-state index contributed by atoms with van der Waals surface area (Å²) in [5.74, 6) is 0.352. The van der Waals surface area contributed by atoms with Crippen LogP contribution >= 0.6 is 0 Å². The fourth-order valence-corrected chi connectivity index (χ4v) is 4.55. The van der Waals surface area contributed by atoms with E-state index in [9.17, 15) is 16.8 Å². The van der Waals surface area contributed by atoms with E-state index in [1.54, 1.807) is 25.1 Å². The SMILES string of the molecule is CC[C@@H](C)c1ccc(S(=O)(=O)Nc2cc(S(=O)(=O)N(C)C)ccc2C)cc1. The zero-order valence-corrected chi connectivity index (χ0v) is 17.9. The van der Waals surface area contributed by atoms with Crippen LogP contribution in [-0.2, 0) is 20.0 Å². The van der Waals surface area contributed by atoms with Crippen LogP contribution in [0.1, 0.15) is 37.3 Å². The van der Waals surface area contributed by atoms with Crippen molar-refractivity contribution in [2.75, 3.05) is 18.8 Å². The van der Waals surface area contributed by atoms with Gasteiger partial charge in [0.05, 0.1) is 15.5 Å². The molecule has 0 unspecified atom stereocenters. The van der Waals surface area contributed by atoms with Gasteiger partial charge in [0.2, 0.25) is 10.0 Å². The molecule has 148 valence electrons. The molecule has 2 aromatic carbocycles. The Kier molecular flexibility index (Phi) is 6.34. The molecule has 0 fully saturated rings. The molecule has 1 atom stereocenters. The zero-order chi connectivity index (χ0) is 20.4. The normalized spacial score (nSPS) is 13.6. The van der Waals surface area contributed by atoms with Gasteiger partial charge < -0.3 is 0 Å². The molecule has 0 heterocycles. The summed E-state index contributed by atoms with van der Waals surface area (Å²) in [6, 6.07) is 11.1. The zero-order valence-electron chi connectivity index (χ0n) is 16.2. The number of benzene rings is 2. The van der Waals surface area contributed by atoms with E-state index in [0.717, 1.165) is 16.3 Å². The minimum atomic E-state index is -3.83. The van der Waals surface area contributed by atoms with Crippen LogP contribution in [0.4, 0.5) is 5.69 Å². The summed E-state index contributed by atoms with van der Waals surface area (Å²) in [6.07, 6.45) is 0.969. The molecule has 6 nitrogen and oxygen atoms in total. The van der Waals surface area contributed by atoms with Crippen molar-refractivity contribution in [3.63, 3.8) is 0 Å². The second-order valence-corrected chi connectivity index (χ2v) is 10.6. The number of anilines is 1. The van der Waals surface area contributed by atoms with Crippen molar-refractivity contribution in [3.05, 3.63) is 53.6 Å². The highest BCUT2D eigenvalue weighted by Gasteiger charge is 2.21. The Morgan fingerprint density at radius 1 is 0.963 bits per heavy atom. The first-order chi connectivity index (χ1) is 12.5. The minimum absolute atomic E-state index is 0.0305. The smallest absolute Gasteiger partial charge is 0.261 e. The number of nitrogens with one attached hydrogen (secondary N) is 1. The monoisotopic (exact) mass is 410 g/mol. The first-order valence-corrected chi connectivity index (χ1v) is 11.6. The molecular formula is C19H26N2O4S2. The highest BCUT2D eigenvalue weighted by Crippen LogP contribution is 2.26. The van der Waals surface area contributed by atoms with Crippen molar-refractivity contribution in [3.8, 4) is 0 Å². The van der Waals surface area contributed by atoms with Gasteiger partial charge in [-0.2, -0.15) is 0 Å². The fraction of sp³-hybridized carbons (Fsp3) is 0.368. The Morgan fingerprint density at radius 3 is 2.04 bits per heavy atom. The quantitative estimate of drug-likeness (QED) is 0.756. The Hall–Kier alpha value is -1.90. The largest absolute Gasteiger partial charge is 0.279 e. The van der Waals surface area contributed by atoms with Gasteiger partial charge in [-0.1, -0.05) is 32.0 Å². The Balaban J connectivity index is 2.38. The summed E-state index contributed by atoms with van der Waals surface area (Å²) >= 11 is 0. The maximum absolute atomic E-state index is 12.7. The molecule has 0 radical (unpaired) electrons. The first-order valence-electron chi connectivity index (χ1n) is 8.65. The third kappa shape index (κ3) is 4.69. The number of hydrogen-bond acceptors (Lipinski definition) is 4. The Morgan fingerprint density at radius 2 is 1.52 bits per heavy atom. The molecule has 0 saturated carbocycles. The molecule has 0 aliphatic carbocycles. The molecule has 1 N–H and O–H groups in total. The second kappa shape index (κ2) is 8.00. The molecule has 27 heavy (non-hydrogen) atoms. The van der Waals surface area contributed by atoms with Gasteiger partial charge >= 0.3 is 0 Å². The molecule has 2 aromatic rings. The molecule has 8 heteroatoms. The summed E-state index contributed by atoms with van der Waals surface area (Å²) in [5.41, 5.74) is 1.95. The van der Waals surface area contributed by atoms with Crippen LogP contribution in [0.25, 0.3) is 0 Å². The number of aryl methyl sites for hydroxylation is 1. The number of hydrogen-bond donors (Lipinski definition) is 1. The highest BCUT2D eigenvalue weighted by atomic mass is 32.2. The van der Waals surface area contributed by atoms with Crippen molar-refractivity contribution in [2.24, 2.45) is 0 Å². The van der Waals surface area contributed by atoms with Gasteiger partial charge in [0, 0.05) is 14.1 Å².